The van der Waals surface area contributed by atoms with Crippen molar-refractivity contribution in [2.24, 2.45) is 0 Å². The van der Waals surface area contributed by atoms with Gasteiger partial charge < -0.3 is 9.15 Å². The molecule has 144 valence electrons. The zero-order valence-corrected chi connectivity index (χ0v) is 17.5. The van der Waals surface area contributed by atoms with Crippen molar-refractivity contribution >= 4 is 39.3 Å². The summed E-state index contributed by atoms with van der Waals surface area (Å²) in [7, 11) is 1.32. The van der Waals surface area contributed by atoms with Crippen LogP contribution in [0.15, 0.2) is 26.7 Å². The van der Waals surface area contributed by atoms with Crippen LogP contribution in [0.25, 0.3) is 10.2 Å². The minimum absolute atomic E-state index is 0.0122. The normalized spacial score (nSPS) is 11.3. The molecule has 3 heterocycles. The number of fused-ring (bicyclic) bond motifs is 1. The molecule has 8 heteroatoms. The lowest BCUT2D eigenvalue weighted by Crippen LogP contribution is -2.23. The maximum atomic E-state index is 13.1. The van der Waals surface area contributed by atoms with Gasteiger partial charge in [-0.2, -0.15) is 0 Å². The third-order valence-electron chi connectivity index (χ3n) is 4.46. The topological polar surface area (TPSA) is 74.3 Å². The monoisotopic (exact) mass is 406 g/mol. The fourth-order valence-electron chi connectivity index (χ4n) is 2.80. The number of hydrogen-bond acceptors (Lipinski definition) is 7. The Balaban J connectivity index is 1.99. The van der Waals surface area contributed by atoms with Crippen LogP contribution in [0.5, 0.6) is 0 Å². The van der Waals surface area contributed by atoms with E-state index in [1.54, 1.807) is 22.0 Å². The third kappa shape index (κ3) is 3.82. The van der Waals surface area contributed by atoms with Gasteiger partial charge in [0.05, 0.1) is 18.8 Å². The molecule has 0 fully saturated rings. The second-order valence-electron chi connectivity index (χ2n) is 6.22. The molecular weight excluding hydrogens is 384 g/mol. The maximum Gasteiger partial charge on any atom is 0.374 e. The molecule has 3 aromatic rings. The molecule has 3 rings (SSSR count). The zero-order chi connectivity index (χ0) is 19.6. The molecule has 0 spiro atoms. The highest BCUT2D eigenvalue weighted by Gasteiger charge is 2.19. The summed E-state index contributed by atoms with van der Waals surface area (Å²) in [4.78, 5) is 31.5. The molecule has 0 atom stereocenters. The Hall–Kier alpha value is -2.06. The Bertz CT molecular complexity index is 1030. The molecule has 0 bridgehead atoms. The van der Waals surface area contributed by atoms with E-state index in [0.717, 1.165) is 39.1 Å². The largest absolute Gasteiger partial charge is 0.463 e. The number of methoxy groups -OCH3 is 1. The van der Waals surface area contributed by atoms with Gasteiger partial charge in [0.15, 0.2) is 5.16 Å². The highest BCUT2D eigenvalue weighted by atomic mass is 32.2. The lowest BCUT2D eigenvalue weighted by atomic mass is 10.2. The number of aromatic nitrogens is 2. The lowest BCUT2D eigenvalue weighted by Gasteiger charge is -2.11. The number of carbonyl (C=O) groups is 1. The van der Waals surface area contributed by atoms with Gasteiger partial charge in [-0.25, -0.2) is 9.78 Å². The van der Waals surface area contributed by atoms with E-state index in [1.807, 2.05) is 13.8 Å². The van der Waals surface area contributed by atoms with E-state index < -0.39 is 5.97 Å². The maximum absolute atomic E-state index is 13.1. The van der Waals surface area contributed by atoms with E-state index in [2.05, 4.69) is 6.92 Å². The number of nitrogens with zero attached hydrogens (tertiary/aromatic N) is 2. The zero-order valence-electron chi connectivity index (χ0n) is 15.8. The summed E-state index contributed by atoms with van der Waals surface area (Å²) >= 11 is 2.98. The van der Waals surface area contributed by atoms with E-state index >= 15 is 0 Å². The van der Waals surface area contributed by atoms with Crippen molar-refractivity contribution in [3.05, 3.63) is 44.4 Å². The predicted molar refractivity (Wildman–Crippen MR) is 108 cm³/mol. The van der Waals surface area contributed by atoms with Crippen LogP contribution in [0.1, 0.15) is 46.3 Å². The van der Waals surface area contributed by atoms with E-state index in [-0.39, 0.29) is 11.3 Å². The molecule has 0 radical (unpaired) electrons. The Morgan fingerprint density at radius 2 is 2.19 bits per heavy atom. The average molecular weight is 407 g/mol. The lowest BCUT2D eigenvalue weighted by molar-refractivity contribution is 0.0564. The van der Waals surface area contributed by atoms with E-state index in [4.69, 9.17) is 14.1 Å². The second kappa shape index (κ2) is 8.31. The Kier molecular flexibility index (Phi) is 6.06. The summed E-state index contributed by atoms with van der Waals surface area (Å²) in [5.41, 5.74) is 1.75. The van der Waals surface area contributed by atoms with E-state index in [1.165, 1.54) is 25.1 Å². The average Bonchev–Trinajstić information content (AvgIpc) is 3.23. The summed E-state index contributed by atoms with van der Waals surface area (Å²) in [6.07, 6.45) is 3.36. The molecule has 27 heavy (non-hydrogen) atoms. The predicted octanol–water partition coefficient (Wildman–Crippen LogP) is 4.55. The van der Waals surface area contributed by atoms with Crippen LogP contribution >= 0.6 is 23.1 Å². The van der Waals surface area contributed by atoms with Crippen LogP contribution in [0.3, 0.4) is 0 Å². The van der Waals surface area contributed by atoms with Crippen molar-refractivity contribution in [1.82, 2.24) is 9.55 Å². The molecule has 0 aromatic carbocycles. The minimum Gasteiger partial charge on any atom is -0.463 e. The van der Waals surface area contributed by atoms with Crippen molar-refractivity contribution in [3.8, 4) is 0 Å². The molecule has 0 saturated heterocycles. The number of thiophene rings is 1. The van der Waals surface area contributed by atoms with Gasteiger partial charge in [0, 0.05) is 22.7 Å². The first kappa shape index (κ1) is 19.7. The van der Waals surface area contributed by atoms with Crippen LogP contribution < -0.4 is 5.56 Å². The number of unbranched alkanes of at least 4 members (excludes halogenated alkanes) is 1. The van der Waals surface area contributed by atoms with Gasteiger partial charge >= 0.3 is 5.97 Å². The van der Waals surface area contributed by atoms with Crippen molar-refractivity contribution < 1.29 is 13.9 Å². The first-order valence-electron chi connectivity index (χ1n) is 8.75. The number of esters is 1. The summed E-state index contributed by atoms with van der Waals surface area (Å²) in [6.45, 7) is 6.71. The number of furan rings is 1. The van der Waals surface area contributed by atoms with Gasteiger partial charge in [0.1, 0.15) is 4.83 Å². The molecule has 0 saturated carbocycles. The summed E-state index contributed by atoms with van der Waals surface area (Å²) in [5, 5.41) is 1.38. The first-order chi connectivity index (χ1) is 13.0. The second-order valence-corrected chi connectivity index (χ2v) is 8.37. The quantitative estimate of drug-likeness (QED) is 0.326. The third-order valence-corrected chi connectivity index (χ3v) is 6.59. The van der Waals surface area contributed by atoms with Crippen LogP contribution in [-0.2, 0) is 17.0 Å². The number of aryl methyl sites for hydroxylation is 2. The van der Waals surface area contributed by atoms with Crippen molar-refractivity contribution in [1.29, 1.82) is 0 Å². The van der Waals surface area contributed by atoms with Crippen LogP contribution in [0, 0.1) is 13.8 Å². The number of rotatable bonds is 7. The summed E-state index contributed by atoms with van der Waals surface area (Å²) in [6, 6.07) is 1.74. The van der Waals surface area contributed by atoms with Gasteiger partial charge in [-0.3, -0.25) is 9.36 Å². The van der Waals surface area contributed by atoms with Crippen molar-refractivity contribution in [3.63, 3.8) is 0 Å². The Labute approximate surface area is 165 Å². The van der Waals surface area contributed by atoms with Gasteiger partial charge in [-0.15, -0.1) is 11.3 Å². The molecule has 6 nitrogen and oxygen atoms in total. The SMILES string of the molecule is CCCCn1c(SCc2ccoc2C(=O)OC)nc2sc(C)c(C)c2c1=O. The minimum atomic E-state index is -0.508. The number of carbonyl (C=O) groups excluding carboxylic acids is 1. The fraction of sp³-hybridized carbons (Fsp3) is 0.421. The highest BCUT2D eigenvalue weighted by molar-refractivity contribution is 7.98. The molecule has 0 aliphatic heterocycles. The van der Waals surface area contributed by atoms with Crippen LogP contribution in [0.4, 0.5) is 0 Å². The molecular formula is C19H22N2O4S2. The van der Waals surface area contributed by atoms with Gasteiger partial charge in [-0.1, -0.05) is 25.1 Å². The Morgan fingerprint density at radius 3 is 2.89 bits per heavy atom. The smallest absolute Gasteiger partial charge is 0.374 e. The molecule has 0 aliphatic rings. The number of thioether (sulfide) groups is 1. The Morgan fingerprint density at radius 1 is 1.41 bits per heavy atom. The van der Waals surface area contributed by atoms with Crippen molar-refractivity contribution in [2.75, 3.05) is 7.11 Å². The summed E-state index contributed by atoms with van der Waals surface area (Å²) in [5.74, 6) is 0.150. The molecule has 0 N–H and O–H groups in total. The van der Waals surface area contributed by atoms with E-state index in [9.17, 15) is 9.59 Å². The molecule has 0 aliphatic carbocycles. The van der Waals surface area contributed by atoms with Crippen LogP contribution in [0.2, 0.25) is 0 Å². The highest BCUT2D eigenvalue weighted by Crippen LogP contribution is 2.30. The fourth-order valence-corrected chi connectivity index (χ4v) is 4.87. The first-order valence-corrected chi connectivity index (χ1v) is 10.6. The van der Waals surface area contributed by atoms with Crippen LogP contribution in [-0.4, -0.2) is 22.6 Å². The molecule has 0 amide bonds. The standard InChI is InChI=1S/C19H22N2O4S2/c1-5-6-8-21-17(22)14-11(2)12(3)27-16(14)20-19(21)26-10-13-7-9-25-15(13)18(23)24-4/h7,9H,5-6,8,10H2,1-4H3. The molecule has 3 aromatic heterocycles. The number of hydrogen-bond donors (Lipinski definition) is 0. The number of ether oxygens (including phenoxy) is 1. The molecule has 0 unspecified atom stereocenters. The van der Waals surface area contributed by atoms with E-state index in [0.29, 0.717) is 17.5 Å². The van der Waals surface area contributed by atoms with Gasteiger partial charge in [0.25, 0.3) is 5.56 Å². The summed E-state index contributed by atoms with van der Waals surface area (Å²) < 4.78 is 11.7. The van der Waals surface area contributed by atoms with Gasteiger partial charge in [-0.05, 0) is 31.9 Å². The van der Waals surface area contributed by atoms with Crippen molar-refractivity contribution in [2.45, 2.75) is 51.1 Å². The van der Waals surface area contributed by atoms with Gasteiger partial charge in [0.2, 0.25) is 5.76 Å².